The molecule has 0 spiro atoms. The van der Waals surface area contributed by atoms with E-state index in [9.17, 15) is 9.59 Å². The Morgan fingerprint density at radius 3 is 2.76 bits per heavy atom. The highest BCUT2D eigenvalue weighted by Crippen LogP contribution is 2.28. The first-order chi connectivity index (χ1) is 8.24. The van der Waals surface area contributed by atoms with Gasteiger partial charge in [0.15, 0.2) is 0 Å². The summed E-state index contributed by atoms with van der Waals surface area (Å²) >= 11 is 0. The van der Waals surface area contributed by atoms with E-state index >= 15 is 0 Å². The SMILES string of the molecule is O=C1NC[C@H]2CN(CC3CCC3)CCN2C1=O. The second-order valence-electron chi connectivity index (χ2n) is 5.42. The first-order valence-corrected chi connectivity index (χ1v) is 6.55. The van der Waals surface area contributed by atoms with Gasteiger partial charge in [-0.2, -0.15) is 0 Å². The average molecular weight is 237 g/mol. The number of nitrogens with zero attached hydrogens (tertiary/aromatic N) is 2. The van der Waals surface area contributed by atoms with Crippen molar-refractivity contribution in [2.24, 2.45) is 5.92 Å². The maximum absolute atomic E-state index is 11.7. The fourth-order valence-corrected chi connectivity index (χ4v) is 2.98. The van der Waals surface area contributed by atoms with E-state index in [1.54, 1.807) is 4.90 Å². The van der Waals surface area contributed by atoms with E-state index in [2.05, 4.69) is 10.2 Å². The van der Waals surface area contributed by atoms with Crippen molar-refractivity contribution >= 4 is 11.8 Å². The van der Waals surface area contributed by atoms with Crippen LogP contribution in [0.15, 0.2) is 0 Å². The molecule has 0 aromatic heterocycles. The van der Waals surface area contributed by atoms with Crippen LogP contribution in [0, 0.1) is 5.92 Å². The molecular weight excluding hydrogens is 218 g/mol. The summed E-state index contributed by atoms with van der Waals surface area (Å²) in [6.45, 7) is 4.34. The van der Waals surface area contributed by atoms with Crippen molar-refractivity contribution in [1.82, 2.24) is 15.1 Å². The van der Waals surface area contributed by atoms with Crippen molar-refractivity contribution in [3.8, 4) is 0 Å². The smallest absolute Gasteiger partial charge is 0.312 e. The monoisotopic (exact) mass is 237 g/mol. The lowest BCUT2D eigenvalue weighted by molar-refractivity contribution is -0.152. The Morgan fingerprint density at radius 1 is 1.24 bits per heavy atom. The predicted molar refractivity (Wildman–Crippen MR) is 62.3 cm³/mol. The van der Waals surface area contributed by atoms with Gasteiger partial charge in [-0.15, -0.1) is 0 Å². The normalized spacial score (nSPS) is 30.8. The fourth-order valence-electron chi connectivity index (χ4n) is 2.98. The highest BCUT2D eigenvalue weighted by Gasteiger charge is 2.38. The second-order valence-corrected chi connectivity index (χ2v) is 5.42. The van der Waals surface area contributed by atoms with Gasteiger partial charge in [0.05, 0.1) is 6.04 Å². The number of fused-ring (bicyclic) bond motifs is 1. The number of hydrogen-bond acceptors (Lipinski definition) is 3. The van der Waals surface area contributed by atoms with Gasteiger partial charge >= 0.3 is 11.8 Å². The highest BCUT2D eigenvalue weighted by atomic mass is 16.2. The molecule has 2 saturated heterocycles. The Morgan fingerprint density at radius 2 is 2.06 bits per heavy atom. The quantitative estimate of drug-likeness (QED) is 0.654. The summed E-state index contributed by atoms with van der Waals surface area (Å²) in [6, 6.07) is 0.189. The van der Waals surface area contributed by atoms with Crippen molar-refractivity contribution < 1.29 is 9.59 Å². The minimum Gasteiger partial charge on any atom is -0.346 e. The van der Waals surface area contributed by atoms with Gasteiger partial charge in [-0.1, -0.05) is 6.42 Å². The number of carbonyl (C=O) groups excluding carboxylic acids is 2. The molecule has 5 heteroatoms. The van der Waals surface area contributed by atoms with Crippen LogP contribution in [0.5, 0.6) is 0 Å². The molecule has 3 fully saturated rings. The van der Waals surface area contributed by atoms with Crippen LogP contribution in [-0.4, -0.2) is 60.4 Å². The van der Waals surface area contributed by atoms with Crippen LogP contribution < -0.4 is 5.32 Å². The summed E-state index contributed by atoms with van der Waals surface area (Å²) in [5, 5.41) is 2.68. The number of carbonyl (C=O) groups is 2. The largest absolute Gasteiger partial charge is 0.346 e. The summed E-state index contributed by atoms with van der Waals surface area (Å²) in [5.41, 5.74) is 0. The second kappa shape index (κ2) is 4.29. The van der Waals surface area contributed by atoms with Gasteiger partial charge < -0.3 is 10.2 Å². The van der Waals surface area contributed by atoms with E-state index in [4.69, 9.17) is 0 Å². The molecule has 1 saturated carbocycles. The number of piperazine rings is 2. The van der Waals surface area contributed by atoms with Crippen LogP contribution >= 0.6 is 0 Å². The zero-order chi connectivity index (χ0) is 11.8. The van der Waals surface area contributed by atoms with Gasteiger partial charge in [-0.25, -0.2) is 0 Å². The molecule has 0 radical (unpaired) electrons. The Hall–Kier alpha value is -1.10. The molecule has 0 aromatic rings. The lowest BCUT2D eigenvalue weighted by Crippen LogP contribution is -2.65. The topological polar surface area (TPSA) is 52.7 Å². The molecule has 3 aliphatic rings. The summed E-state index contributed by atoms with van der Waals surface area (Å²) in [6.07, 6.45) is 4.10. The Kier molecular flexibility index (Phi) is 2.78. The number of rotatable bonds is 2. The Balaban J connectivity index is 1.58. The minimum atomic E-state index is -0.436. The standard InChI is InChI=1S/C12H19N3O2/c16-11-12(17)15-5-4-14(7-9-2-1-3-9)8-10(15)6-13-11/h9-10H,1-8H2,(H,13,16)/t10-/m0/s1. The maximum Gasteiger partial charge on any atom is 0.312 e. The summed E-state index contributed by atoms with van der Waals surface area (Å²) in [4.78, 5) is 27.1. The van der Waals surface area contributed by atoms with Gasteiger partial charge in [-0.05, 0) is 18.8 Å². The van der Waals surface area contributed by atoms with Crippen LogP contribution in [0.4, 0.5) is 0 Å². The van der Waals surface area contributed by atoms with E-state index in [1.165, 1.54) is 25.8 Å². The number of nitrogens with one attached hydrogen (secondary N) is 1. The first-order valence-electron chi connectivity index (χ1n) is 6.55. The Bertz CT molecular complexity index is 341. The molecule has 2 amide bonds. The average Bonchev–Trinajstić information content (AvgIpc) is 2.29. The summed E-state index contributed by atoms with van der Waals surface area (Å²) < 4.78 is 0. The maximum atomic E-state index is 11.7. The van der Waals surface area contributed by atoms with E-state index in [0.29, 0.717) is 13.1 Å². The van der Waals surface area contributed by atoms with Crippen LogP contribution in [0.25, 0.3) is 0 Å². The van der Waals surface area contributed by atoms with Crippen molar-refractivity contribution in [1.29, 1.82) is 0 Å². The van der Waals surface area contributed by atoms with E-state index in [-0.39, 0.29) is 11.9 Å². The van der Waals surface area contributed by atoms with Crippen LogP contribution in [0.1, 0.15) is 19.3 Å². The lowest BCUT2D eigenvalue weighted by Gasteiger charge is -2.45. The number of amides is 2. The third-order valence-corrected chi connectivity index (χ3v) is 4.26. The van der Waals surface area contributed by atoms with Gasteiger partial charge in [0.25, 0.3) is 0 Å². The summed E-state index contributed by atoms with van der Waals surface area (Å²) in [5.74, 6) is 0.0914. The van der Waals surface area contributed by atoms with Gasteiger partial charge in [0.1, 0.15) is 0 Å². The highest BCUT2D eigenvalue weighted by molar-refractivity contribution is 6.35. The lowest BCUT2D eigenvalue weighted by atomic mass is 9.85. The zero-order valence-corrected chi connectivity index (χ0v) is 10.0. The molecule has 2 aliphatic heterocycles. The van der Waals surface area contributed by atoms with E-state index in [0.717, 1.165) is 19.0 Å². The molecule has 3 rings (SSSR count). The molecule has 1 atom stereocenters. The minimum absolute atomic E-state index is 0.189. The van der Waals surface area contributed by atoms with Gasteiger partial charge in [-0.3, -0.25) is 14.5 Å². The van der Waals surface area contributed by atoms with E-state index < -0.39 is 5.91 Å². The molecule has 1 aliphatic carbocycles. The molecular formula is C12H19N3O2. The van der Waals surface area contributed by atoms with Gasteiger partial charge in [0.2, 0.25) is 0 Å². The predicted octanol–water partition coefficient (Wildman–Crippen LogP) is -0.571. The van der Waals surface area contributed by atoms with Crippen molar-refractivity contribution in [3.05, 3.63) is 0 Å². The Labute approximate surface area is 101 Å². The van der Waals surface area contributed by atoms with Crippen molar-refractivity contribution in [2.75, 3.05) is 32.7 Å². The fraction of sp³-hybridized carbons (Fsp3) is 0.833. The van der Waals surface area contributed by atoms with E-state index in [1.807, 2.05) is 0 Å². The van der Waals surface area contributed by atoms with Crippen LogP contribution in [0.3, 0.4) is 0 Å². The van der Waals surface area contributed by atoms with Crippen molar-refractivity contribution in [3.63, 3.8) is 0 Å². The molecule has 94 valence electrons. The molecule has 17 heavy (non-hydrogen) atoms. The molecule has 0 aromatic carbocycles. The molecule has 0 unspecified atom stereocenters. The van der Waals surface area contributed by atoms with Crippen molar-refractivity contribution in [2.45, 2.75) is 25.3 Å². The van der Waals surface area contributed by atoms with Crippen LogP contribution in [0.2, 0.25) is 0 Å². The third kappa shape index (κ3) is 2.04. The molecule has 5 nitrogen and oxygen atoms in total. The summed E-state index contributed by atoms with van der Waals surface area (Å²) in [7, 11) is 0. The van der Waals surface area contributed by atoms with Crippen LogP contribution in [-0.2, 0) is 9.59 Å². The molecule has 1 N–H and O–H groups in total. The van der Waals surface area contributed by atoms with Gasteiger partial charge in [0, 0.05) is 32.7 Å². The number of hydrogen-bond donors (Lipinski definition) is 1. The molecule has 0 bridgehead atoms. The molecule has 2 heterocycles. The first kappa shape index (κ1) is 11.0. The zero-order valence-electron chi connectivity index (χ0n) is 10.0. The third-order valence-electron chi connectivity index (χ3n) is 4.26.